The van der Waals surface area contributed by atoms with Gasteiger partial charge >= 0.3 is 0 Å². The van der Waals surface area contributed by atoms with Crippen LogP contribution in [0.5, 0.6) is 28.7 Å². The van der Waals surface area contributed by atoms with E-state index in [4.69, 9.17) is 23.7 Å². The molecular weight excluding hydrogens is 512 g/mol. The van der Waals surface area contributed by atoms with Gasteiger partial charge < -0.3 is 39.0 Å². The van der Waals surface area contributed by atoms with Crippen molar-refractivity contribution in [2.24, 2.45) is 10.8 Å². The zero-order chi connectivity index (χ0) is 28.3. The smallest absolute Gasteiger partial charge is 0.260 e. The van der Waals surface area contributed by atoms with Gasteiger partial charge in [-0.25, -0.2) is 0 Å². The minimum atomic E-state index is -0.691. The number of hydrogen-bond acceptors (Lipinski definition) is 8. The molecule has 3 aliphatic rings. The molecule has 5 rings (SSSR count). The Hall–Kier alpha value is -3.17. The summed E-state index contributed by atoms with van der Waals surface area (Å²) in [6.07, 6.45) is 2.57. The highest BCUT2D eigenvalue weighted by Crippen LogP contribution is 2.52. The van der Waals surface area contributed by atoms with Gasteiger partial charge in [-0.2, -0.15) is 0 Å². The lowest BCUT2D eigenvalue weighted by atomic mass is 9.65. The molecule has 9 heteroatoms. The molecule has 218 valence electrons. The first kappa shape index (κ1) is 28.4. The fourth-order valence-electron chi connectivity index (χ4n) is 6.63. The summed E-state index contributed by atoms with van der Waals surface area (Å²) < 4.78 is 28.2. The van der Waals surface area contributed by atoms with E-state index < -0.39 is 6.10 Å². The topological polar surface area (TPSA) is 98.7 Å². The highest BCUT2D eigenvalue weighted by Gasteiger charge is 2.50. The van der Waals surface area contributed by atoms with Crippen LogP contribution in [0.15, 0.2) is 36.4 Å². The van der Waals surface area contributed by atoms with Crippen molar-refractivity contribution in [1.29, 1.82) is 0 Å². The zero-order valence-corrected chi connectivity index (χ0v) is 24.0. The quantitative estimate of drug-likeness (QED) is 0.404. The van der Waals surface area contributed by atoms with Crippen LogP contribution >= 0.6 is 0 Å². The molecular formula is C31H42N2O7. The normalized spacial score (nSPS) is 23.1. The number of rotatable bonds is 12. The summed E-state index contributed by atoms with van der Waals surface area (Å²) in [6.45, 7) is 11.4. The van der Waals surface area contributed by atoms with Gasteiger partial charge in [0.2, 0.25) is 6.79 Å². The fourth-order valence-corrected chi connectivity index (χ4v) is 6.63. The number of benzene rings is 2. The van der Waals surface area contributed by atoms with Crippen molar-refractivity contribution in [3.05, 3.63) is 42.0 Å². The Morgan fingerprint density at radius 3 is 2.73 bits per heavy atom. The number of amides is 1. The van der Waals surface area contributed by atoms with E-state index in [9.17, 15) is 9.90 Å². The standard InChI is InChI=1S/C31H42N2O7/c1-5-36-27-10-21(14-32-15-23(34)16-37-24-7-9-26-28(11-24)40-20-39-26)6-8-25(27)38-17-29(35)33-19-31(4)13-22(33)12-30(2,3)18-31/h6-11,22-23,32,34H,5,12-20H2,1-4H3. The number of nitrogens with zero attached hydrogens (tertiary/aromatic N) is 1. The molecule has 3 unspecified atom stereocenters. The number of nitrogens with one attached hydrogen (secondary N) is 1. The molecule has 2 aliphatic heterocycles. The van der Waals surface area contributed by atoms with Crippen LogP contribution < -0.4 is 29.0 Å². The molecule has 1 saturated carbocycles. The minimum Gasteiger partial charge on any atom is -0.491 e. The first-order valence-corrected chi connectivity index (χ1v) is 14.2. The Balaban J connectivity index is 1.09. The summed E-state index contributed by atoms with van der Waals surface area (Å²) >= 11 is 0. The van der Waals surface area contributed by atoms with Crippen LogP contribution in [0.4, 0.5) is 0 Å². The van der Waals surface area contributed by atoms with Crippen LogP contribution in [0.1, 0.15) is 52.5 Å². The molecule has 9 nitrogen and oxygen atoms in total. The van der Waals surface area contributed by atoms with Crippen LogP contribution in [0.2, 0.25) is 0 Å². The lowest BCUT2D eigenvalue weighted by Gasteiger charge is -2.39. The molecule has 2 bridgehead atoms. The summed E-state index contributed by atoms with van der Waals surface area (Å²) in [4.78, 5) is 15.2. The molecule has 2 fully saturated rings. The monoisotopic (exact) mass is 554 g/mol. The maximum atomic E-state index is 13.2. The average molecular weight is 555 g/mol. The maximum Gasteiger partial charge on any atom is 0.260 e. The summed E-state index contributed by atoms with van der Waals surface area (Å²) in [5, 5.41) is 13.6. The number of hydrogen-bond donors (Lipinski definition) is 2. The molecule has 2 heterocycles. The van der Waals surface area contributed by atoms with E-state index in [-0.39, 0.29) is 36.7 Å². The molecule has 2 aromatic carbocycles. The molecule has 1 saturated heterocycles. The molecule has 40 heavy (non-hydrogen) atoms. The van der Waals surface area contributed by atoms with Gasteiger partial charge in [0.1, 0.15) is 18.5 Å². The van der Waals surface area contributed by atoms with Crippen LogP contribution in [0.25, 0.3) is 0 Å². The number of likely N-dealkylation sites (tertiary alicyclic amines) is 1. The van der Waals surface area contributed by atoms with Gasteiger partial charge in [0.05, 0.1) is 6.61 Å². The predicted molar refractivity (Wildman–Crippen MR) is 150 cm³/mol. The molecule has 0 spiro atoms. The Morgan fingerprint density at radius 2 is 1.90 bits per heavy atom. The van der Waals surface area contributed by atoms with Crippen molar-refractivity contribution in [1.82, 2.24) is 10.2 Å². The second kappa shape index (κ2) is 11.7. The molecule has 1 aliphatic carbocycles. The summed E-state index contributed by atoms with van der Waals surface area (Å²) in [5.74, 6) is 3.15. The molecule has 0 aromatic heterocycles. The number of fused-ring (bicyclic) bond motifs is 3. The van der Waals surface area contributed by atoms with Crippen molar-refractivity contribution in [3.63, 3.8) is 0 Å². The van der Waals surface area contributed by atoms with Gasteiger partial charge in [0.15, 0.2) is 29.6 Å². The van der Waals surface area contributed by atoms with Crippen molar-refractivity contribution >= 4 is 5.91 Å². The Kier molecular flexibility index (Phi) is 8.33. The van der Waals surface area contributed by atoms with Crippen molar-refractivity contribution in [2.45, 2.75) is 65.6 Å². The van der Waals surface area contributed by atoms with E-state index in [0.29, 0.717) is 54.5 Å². The van der Waals surface area contributed by atoms with E-state index >= 15 is 0 Å². The number of ether oxygens (including phenoxy) is 5. The van der Waals surface area contributed by atoms with Gasteiger partial charge in [-0.3, -0.25) is 4.79 Å². The van der Waals surface area contributed by atoms with Gasteiger partial charge in [-0.15, -0.1) is 0 Å². The highest BCUT2D eigenvalue weighted by molar-refractivity contribution is 5.78. The lowest BCUT2D eigenvalue weighted by Crippen LogP contribution is -2.40. The molecule has 0 radical (unpaired) electrons. The Labute approximate surface area is 236 Å². The number of carbonyl (C=O) groups excluding carboxylic acids is 1. The van der Waals surface area contributed by atoms with E-state index in [1.807, 2.05) is 30.0 Å². The largest absolute Gasteiger partial charge is 0.491 e. The van der Waals surface area contributed by atoms with Crippen molar-refractivity contribution < 1.29 is 33.6 Å². The average Bonchev–Trinajstić information content (AvgIpc) is 3.47. The van der Waals surface area contributed by atoms with E-state index in [1.54, 1.807) is 18.2 Å². The Morgan fingerprint density at radius 1 is 1.07 bits per heavy atom. The van der Waals surface area contributed by atoms with Gasteiger partial charge in [0.25, 0.3) is 5.91 Å². The van der Waals surface area contributed by atoms with Gasteiger partial charge in [-0.1, -0.05) is 26.8 Å². The highest BCUT2D eigenvalue weighted by atomic mass is 16.7. The number of aliphatic hydroxyl groups is 1. The summed E-state index contributed by atoms with van der Waals surface area (Å²) in [6, 6.07) is 11.3. The molecule has 2 N–H and O–H groups in total. The summed E-state index contributed by atoms with van der Waals surface area (Å²) in [5.41, 5.74) is 1.43. The van der Waals surface area contributed by atoms with Crippen LogP contribution in [0, 0.1) is 10.8 Å². The first-order chi connectivity index (χ1) is 19.1. The molecule has 3 atom stereocenters. The SMILES string of the molecule is CCOc1cc(CNCC(O)COc2ccc3c(c2)OCO3)ccc1OCC(=O)N1CC2(C)CC1CC(C)(C)C2. The maximum absolute atomic E-state index is 13.2. The van der Waals surface area contributed by atoms with Crippen LogP contribution in [0.3, 0.4) is 0 Å². The molecule has 1 amide bonds. The summed E-state index contributed by atoms with van der Waals surface area (Å²) in [7, 11) is 0. The third-order valence-electron chi connectivity index (χ3n) is 7.89. The first-order valence-electron chi connectivity index (χ1n) is 14.2. The zero-order valence-electron chi connectivity index (χ0n) is 24.0. The second-order valence-corrected chi connectivity index (χ2v) is 12.3. The van der Waals surface area contributed by atoms with Crippen LogP contribution in [-0.2, 0) is 11.3 Å². The Bertz CT molecular complexity index is 1200. The van der Waals surface area contributed by atoms with Gasteiger partial charge in [0, 0.05) is 31.7 Å². The van der Waals surface area contributed by atoms with E-state index in [2.05, 4.69) is 26.1 Å². The van der Waals surface area contributed by atoms with Crippen molar-refractivity contribution in [2.75, 3.05) is 39.7 Å². The number of aliphatic hydroxyl groups excluding tert-OH is 1. The van der Waals surface area contributed by atoms with Gasteiger partial charge in [-0.05, 0) is 66.8 Å². The minimum absolute atomic E-state index is 0.000239. The second-order valence-electron chi connectivity index (χ2n) is 12.3. The molecule has 2 aromatic rings. The third kappa shape index (κ3) is 6.75. The van der Waals surface area contributed by atoms with Crippen LogP contribution in [-0.4, -0.2) is 67.8 Å². The van der Waals surface area contributed by atoms with E-state index in [0.717, 1.165) is 31.4 Å². The number of carbonyl (C=O) groups is 1. The fraction of sp³-hybridized carbons (Fsp3) is 0.581. The third-order valence-corrected chi connectivity index (χ3v) is 7.89. The predicted octanol–water partition coefficient (Wildman–Crippen LogP) is 4.15. The van der Waals surface area contributed by atoms with E-state index in [1.165, 1.54) is 0 Å². The lowest BCUT2D eigenvalue weighted by molar-refractivity contribution is -0.134. The van der Waals surface area contributed by atoms with Crippen molar-refractivity contribution in [3.8, 4) is 28.7 Å².